The number of hydrogen-bond donors (Lipinski definition) is 2. The van der Waals surface area contributed by atoms with Crippen molar-refractivity contribution in [1.82, 2.24) is 4.72 Å². The third-order valence-corrected chi connectivity index (χ3v) is 4.35. The van der Waals surface area contributed by atoms with Gasteiger partial charge in [0.2, 0.25) is 10.0 Å². The van der Waals surface area contributed by atoms with Gasteiger partial charge in [-0.25, -0.2) is 8.42 Å². The molecule has 0 aromatic heterocycles. The van der Waals surface area contributed by atoms with E-state index in [0.29, 0.717) is 0 Å². The number of sulfonamides is 1. The summed E-state index contributed by atoms with van der Waals surface area (Å²) in [6, 6.07) is -1.13. The predicted octanol–water partition coefficient (Wildman–Crippen LogP) is 1.20. The van der Waals surface area contributed by atoms with E-state index in [1.54, 1.807) is 20.8 Å². The van der Waals surface area contributed by atoms with Crippen molar-refractivity contribution in [3.63, 3.8) is 0 Å². The quantitative estimate of drug-likeness (QED) is 0.789. The maximum Gasteiger partial charge on any atom is 0.322 e. The lowest BCUT2D eigenvalue weighted by atomic mass is 9.88. The Hall–Kier alpha value is -0.620. The van der Waals surface area contributed by atoms with Gasteiger partial charge < -0.3 is 5.11 Å². The van der Waals surface area contributed by atoms with Gasteiger partial charge in [0.15, 0.2) is 0 Å². The zero-order chi connectivity index (χ0) is 13.4. The van der Waals surface area contributed by atoms with Crippen LogP contribution < -0.4 is 4.72 Å². The summed E-state index contributed by atoms with van der Waals surface area (Å²) in [5, 5.41) is 9.01. The molecular weight excluding hydrogens is 230 g/mol. The molecule has 0 aromatic rings. The highest BCUT2D eigenvalue weighted by molar-refractivity contribution is 7.90. The lowest BCUT2D eigenvalue weighted by Crippen LogP contribution is -2.53. The maximum absolute atomic E-state index is 11.8. The molecule has 0 spiro atoms. The van der Waals surface area contributed by atoms with Gasteiger partial charge in [0.05, 0.1) is 4.75 Å². The van der Waals surface area contributed by atoms with Gasteiger partial charge in [0.1, 0.15) is 6.04 Å². The van der Waals surface area contributed by atoms with Crippen molar-refractivity contribution in [1.29, 1.82) is 0 Å². The van der Waals surface area contributed by atoms with Gasteiger partial charge in [-0.2, -0.15) is 4.72 Å². The van der Waals surface area contributed by atoms with Crippen molar-refractivity contribution in [2.45, 2.75) is 52.3 Å². The highest BCUT2D eigenvalue weighted by atomic mass is 32.2. The number of hydrogen-bond acceptors (Lipinski definition) is 3. The second-order valence-corrected chi connectivity index (χ2v) is 8.34. The standard InChI is InChI=1S/C10H21NO4S/c1-9(2,3)7(8(12)13)11-16(14,15)10(4,5)6/h7,11H,1-6H3,(H,12,13)/t7-/m1/s1. The van der Waals surface area contributed by atoms with E-state index in [0.717, 1.165) is 0 Å². The van der Waals surface area contributed by atoms with Crippen molar-refractivity contribution < 1.29 is 18.3 Å². The summed E-state index contributed by atoms with van der Waals surface area (Å²) in [5.74, 6) is -1.17. The van der Waals surface area contributed by atoms with Crippen LogP contribution in [0.2, 0.25) is 0 Å². The van der Waals surface area contributed by atoms with Crippen LogP contribution in [0, 0.1) is 5.41 Å². The van der Waals surface area contributed by atoms with Crippen molar-refractivity contribution >= 4 is 16.0 Å². The largest absolute Gasteiger partial charge is 0.480 e. The van der Waals surface area contributed by atoms with Crippen molar-refractivity contribution in [3.05, 3.63) is 0 Å². The van der Waals surface area contributed by atoms with E-state index in [1.165, 1.54) is 20.8 Å². The third kappa shape index (κ3) is 3.75. The summed E-state index contributed by atoms with van der Waals surface area (Å²) >= 11 is 0. The van der Waals surface area contributed by atoms with Gasteiger partial charge in [-0.15, -0.1) is 0 Å². The van der Waals surface area contributed by atoms with Crippen LogP contribution in [0.3, 0.4) is 0 Å². The molecule has 0 bridgehead atoms. The summed E-state index contributed by atoms with van der Waals surface area (Å²) in [6.07, 6.45) is 0. The molecule has 0 rings (SSSR count). The average molecular weight is 251 g/mol. The number of nitrogens with one attached hydrogen (secondary N) is 1. The Morgan fingerprint density at radius 3 is 1.69 bits per heavy atom. The molecule has 0 unspecified atom stereocenters. The molecule has 0 amide bonds. The van der Waals surface area contributed by atoms with Crippen LogP contribution >= 0.6 is 0 Å². The van der Waals surface area contributed by atoms with Gasteiger partial charge >= 0.3 is 5.97 Å². The number of carboxylic acids is 1. The topological polar surface area (TPSA) is 83.5 Å². The summed E-state index contributed by atoms with van der Waals surface area (Å²) < 4.78 is 24.9. The van der Waals surface area contributed by atoms with E-state index in [1.807, 2.05) is 0 Å². The molecular formula is C10H21NO4S. The van der Waals surface area contributed by atoms with Crippen LogP contribution in [0.4, 0.5) is 0 Å². The molecule has 0 radical (unpaired) electrons. The van der Waals surface area contributed by atoms with E-state index in [4.69, 9.17) is 5.11 Å². The minimum Gasteiger partial charge on any atom is -0.480 e. The van der Waals surface area contributed by atoms with Crippen LogP contribution in [0.25, 0.3) is 0 Å². The molecule has 2 N–H and O–H groups in total. The molecule has 5 nitrogen and oxygen atoms in total. The van der Waals surface area contributed by atoms with Crippen LogP contribution in [0.1, 0.15) is 41.5 Å². The first-order chi connectivity index (χ1) is 6.79. The minimum absolute atomic E-state index is 0.676. The fraction of sp³-hybridized carbons (Fsp3) is 0.900. The predicted molar refractivity (Wildman–Crippen MR) is 62.7 cm³/mol. The van der Waals surface area contributed by atoms with E-state index in [9.17, 15) is 13.2 Å². The first kappa shape index (κ1) is 15.4. The fourth-order valence-electron chi connectivity index (χ4n) is 0.930. The molecule has 0 aromatic carbocycles. The van der Waals surface area contributed by atoms with Crippen LogP contribution in [0.5, 0.6) is 0 Å². The minimum atomic E-state index is -3.66. The first-order valence-corrected chi connectivity index (χ1v) is 6.52. The second-order valence-electron chi connectivity index (χ2n) is 5.87. The second kappa shape index (κ2) is 4.33. The van der Waals surface area contributed by atoms with Gasteiger partial charge in [-0.05, 0) is 26.2 Å². The Kier molecular flexibility index (Phi) is 4.16. The zero-order valence-corrected chi connectivity index (χ0v) is 11.5. The van der Waals surface area contributed by atoms with Crippen LogP contribution in [-0.2, 0) is 14.8 Å². The summed E-state index contributed by atoms with van der Waals surface area (Å²) in [7, 11) is -3.66. The Morgan fingerprint density at radius 2 is 1.50 bits per heavy atom. The molecule has 1 atom stereocenters. The Bertz CT molecular complexity index is 359. The Balaban J connectivity index is 5.16. The lowest BCUT2D eigenvalue weighted by molar-refractivity contribution is -0.141. The van der Waals surface area contributed by atoms with Crippen molar-refractivity contribution in [3.8, 4) is 0 Å². The highest BCUT2D eigenvalue weighted by Crippen LogP contribution is 2.23. The molecule has 0 aliphatic carbocycles. The zero-order valence-electron chi connectivity index (χ0n) is 10.7. The SMILES string of the molecule is CC(C)(C)[C@H](NS(=O)(=O)C(C)(C)C)C(=O)O. The molecule has 0 aliphatic heterocycles. The molecule has 16 heavy (non-hydrogen) atoms. The van der Waals surface area contributed by atoms with E-state index in [2.05, 4.69) is 4.72 Å². The first-order valence-electron chi connectivity index (χ1n) is 5.04. The number of rotatable bonds is 3. The van der Waals surface area contributed by atoms with Crippen LogP contribution in [0.15, 0.2) is 0 Å². The maximum atomic E-state index is 11.8. The summed E-state index contributed by atoms with van der Waals surface area (Å²) in [6.45, 7) is 9.61. The smallest absolute Gasteiger partial charge is 0.322 e. The molecule has 0 saturated carbocycles. The molecule has 96 valence electrons. The van der Waals surface area contributed by atoms with Crippen molar-refractivity contribution in [2.24, 2.45) is 5.41 Å². The summed E-state index contributed by atoms with van der Waals surface area (Å²) in [4.78, 5) is 11.0. The van der Waals surface area contributed by atoms with E-state index in [-0.39, 0.29) is 0 Å². The van der Waals surface area contributed by atoms with E-state index < -0.39 is 32.2 Å². The molecule has 0 aliphatic rings. The Labute approximate surface area is 97.3 Å². The Morgan fingerprint density at radius 1 is 1.12 bits per heavy atom. The molecule has 0 fully saturated rings. The fourth-order valence-corrected chi connectivity index (χ4v) is 2.05. The molecule has 6 heteroatoms. The highest BCUT2D eigenvalue weighted by Gasteiger charge is 2.39. The van der Waals surface area contributed by atoms with Gasteiger partial charge in [-0.1, -0.05) is 20.8 Å². The van der Waals surface area contributed by atoms with Gasteiger partial charge in [-0.3, -0.25) is 4.79 Å². The van der Waals surface area contributed by atoms with E-state index >= 15 is 0 Å². The van der Waals surface area contributed by atoms with Crippen LogP contribution in [-0.4, -0.2) is 30.3 Å². The van der Waals surface area contributed by atoms with Gasteiger partial charge in [0.25, 0.3) is 0 Å². The number of carbonyl (C=O) groups is 1. The molecule has 0 heterocycles. The number of carboxylic acid groups (broad SMARTS) is 1. The number of aliphatic carboxylic acids is 1. The average Bonchev–Trinajstić information content (AvgIpc) is 1.95. The lowest BCUT2D eigenvalue weighted by Gasteiger charge is -2.30. The van der Waals surface area contributed by atoms with Crippen molar-refractivity contribution in [2.75, 3.05) is 0 Å². The monoisotopic (exact) mass is 251 g/mol. The summed E-state index contributed by atoms with van der Waals surface area (Å²) in [5.41, 5.74) is -0.676. The third-order valence-electron chi connectivity index (χ3n) is 2.19. The normalized spacial score (nSPS) is 15.9. The van der Waals surface area contributed by atoms with Gasteiger partial charge in [0, 0.05) is 0 Å². The molecule has 0 saturated heterocycles.